The quantitative estimate of drug-likeness (QED) is 0.109. The summed E-state index contributed by atoms with van der Waals surface area (Å²) in [6.07, 6.45) is 23.4. The zero-order valence-corrected chi connectivity index (χ0v) is 19.6. The molecular formula is C22H48NO5P. The molecule has 0 aliphatic carbocycles. The smallest absolute Gasteiger partial charge is 0.324 e. The van der Waals surface area contributed by atoms with Gasteiger partial charge in [-0.05, 0) is 38.6 Å². The van der Waals surface area contributed by atoms with E-state index in [-0.39, 0.29) is 13.2 Å². The molecule has 29 heavy (non-hydrogen) atoms. The Labute approximate surface area is 180 Å². The summed E-state index contributed by atoms with van der Waals surface area (Å²) in [4.78, 5) is 23.8. The summed E-state index contributed by atoms with van der Waals surface area (Å²) >= 11 is 0. The van der Waals surface area contributed by atoms with Crippen molar-refractivity contribution in [3.8, 4) is 0 Å². The van der Waals surface area contributed by atoms with Gasteiger partial charge in [0.25, 0.3) is 0 Å². The normalized spacial score (nSPS) is 11.4. The molecule has 0 aromatic heterocycles. The number of hydrogen-bond donors (Lipinski definition) is 5. The van der Waals surface area contributed by atoms with Gasteiger partial charge in [0.2, 0.25) is 0 Å². The van der Waals surface area contributed by atoms with Crippen LogP contribution in [0.3, 0.4) is 0 Å². The molecular weight excluding hydrogens is 389 g/mol. The predicted octanol–water partition coefficient (Wildman–Crippen LogP) is 4.50. The van der Waals surface area contributed by atoms with Crippen LogP contribution in [0.25, 0.3) is 0 Å². The number of hydrogen-bond acceptors (Lipinski definition) is 6. The minimum atomic E-state index is -2.62. The third-order valence-corrected chi connectivity index (χ3v) is 4.82. The van der Waals surface area contributed by atoms with Crippen molar-refractivity contribution in [2.24, 2.45) is 0 Å². The van der Waals surface area contributed by atoms with Gasteiger partial charge < -0.3 is 24.9 Å². The van der Waals surface area contributed by atoms with E-state index in [1.54, 1.807) is 0 Å². The highest BCUT2D eigenvalue weighted by molar-refractivity contribution is 7.38. The van der Waals surface area contributed by atoms with Gasteiger partial charge in [-0.1, -0.05) is 76.9 Å². The summed E-state index contributed by atoms with van der Waals surface area (Å²) in [6, 6.07) is 0. The summed E-state index contributed by atoms with van der Waals surface area (Å²) in [7, 11) is -2.62. The van der Waals surface area contributed by atoms with E-state index in [2.05, 4.69) is 24.0 Å². The molecule has 0 fully saturated rings. The molecule has 0 radical (unpaired) electrons. The number of nitrogens with zero attached hydrogens (tertiary/aromatic N) is 1. The Morgan fingerprint density at radius 1 is 0.586 bits per heavy atom. The van der Waals surface area contributed by atoms with Gasteiger partial charge in [-0.15, -0.1) is 0 Å². The van der Waals surface area contributed by atoms with Crippen molar-refractivity contribution in [1.29, 1.82) is 0 Å². The van der Waals surface area contributed by atoms with E-state index in [4.69, 9.17) is 24.9 Å². The molecule has 176 valence electrons. The van der Waals surface area contributed by atoms with Gasteiger partial charge in [-0.3, -0.25) is 4.90 Å². The lowest BCUT2D eigenvalue weighted by Crippen LogP contribution is -2.30. The van der Waals surface area contributed by atoms with Gasteiger partial charge in [-0.2, -0.15) is 0 Å². The molecule has 0 atom stereocenters. The van der Waals surface area contributed by atoms with Gasteiger partial charge in [0.05, 0.1) is 13.2 Å². The molecule has 0 unspecified atom stereocenters. The highest BCUT2D eigenvalue weighted by atomic mass is 31.2. The first-order chi connectivity index (χ1) is 14.1. The number of aliphatic hydroxyl groups is 2. The molecule has 0 aliphatic rings. The second kappa shape index (κ2) is 27.9. The average Bonchev–Trinajstić information content (AvgIpc) is 2.67. The Balaban J connectivity index is 0. The van der Waals surface area contributed by atoms with Crippen molar-refractivity contribution in [3.63, 3.8) is 0 Å². The Morgan fingerprint density at radius 3 is 1.38 bits per heavy atom. The van der Waals surface area contributed by atoms with Crippen LogP contribution in [0, 0.1) is 0 Å². The SMILES string of the molecule is CCCCCCCCC=CCCCCCCCCN(CCO)CCO.OP(O)O. The Bertz CT molecular complexity index is 311. The highest BCUT2D eigenvalue weighted by Gasteiger charge is 2.02. The van der Waals surface area contributed by atoms with Crippen molar-refractivity contribution in [2.75, 3.05) is 32.8 Å². The second-order valence-electron chi connectivity index (χ2n) is 7.50. The first-order valence-electron chi connectivity index (χ1n) is 11.5. The molecule has 0 aliphatic heterocycles. The minimum Gasteiger partial charge on any atom is -0.395 e. The zero-order chi connectivity index (χ0) is 22.0. The standard InChI is InChI=1S/C22H45NO2.H3O3P/c1-2-3-4-5-6-7-8-9-10-11-12-13-14-15-16-17-18-23(19-21-24)20-22-25;1-4(2)3/h9-10,24-25H,2-8,11-22H2,1H3;1-3H. The van der Waals surface area contributed by atoms with Crippen LogP contribution in [0.4, 0.5) is 0 Å². The van der Waals surface area contributed by atoms with Gasteiger partial charge in [0.15, 0.2) is 0 Å². The third-order valence-electron chi connectivity index (χ3n) is 4.82. The number of unbranched alkanes of at least 4 members (excludes halogenated alkanes) is 12. The van der Waals surface area contributed by atoms with Crippen LogP contribution in [0.5, 0.6) is 0 Å². The summed E-state index contributed by atoms with van der Waals surface area (Å²) in [5.74, 6) is 0. The molecule has 0 bridgehead atoms. The largest absolute Gasteiger partial charge is 0.395 e. The molecule has 0 amide bonds. The van der Waals surface area contributed by atoms with E-state index in [0.717, 1.165) is 6.54 Å². The highest BCUT2D eigenvalue weighted by Crippen LogP contribution is 2.12. The summed E-state index contributed by atoms with van der Waals surface area (Å²) in [5.41, 5.74) is 0. The maximum Gasteiger partial charge on any atom is 0.324 e. The summed E-state index contributed by atoms with van der Waals surface area (Å²) < 4.78 is 0. The van der Waals surface area contributed by atoms with Crippen LogP contribution >= 0.6 is 8.60 Å². The molecule has 0 aromatic carbocycles. The monoisotopic (exact) mass is 437 g/mol. The van der Waals surface area contributed by atoms with Crippen LogP contribution in [0.15, 0.2) is 12.2 Å². The number of allylic oxidation sites excluding steroid dienone is 2. The van der Waals surface area contributed by atoms with Crippen molar-refractivity contribution in [1.82, 2.24) is 4.90 Å². The van der Waals surface area contributed by atoms with E-state index >= 15 is 0 Å². The molecule has 7 heteroatoms. The maximum absolute atomic E-state index is 8.97. The van der Waals surface area contributed by atoms with Crippen LogP contribution in [0.2, 0.25) is 0 Å². The van der Waals surface area contributed by atoms with Gasteiger partial charge >= 0.3 is 8.60 Å². The van der Waals surface area contributed by atoms with E-state index in [1.165, 1.54) is 89.9 Å². The van der Waals surface area contributed by atoms with Gasteiger partial charge in [0.1, 0.15) is 0 Å². The second-order valence-corrected chi connectivity index (χ2v) is 8.03. The first kappa shape index (κ1) is 31.1. The lowest BCUT2D eigenvalue weighted by molar-refractivity contribution is 0.159. The van der Waals surface area contributed by atoms with Crippen molar-refractivity contribution in [2.45, 2.75) is 96.8 Å². The van der Waals surface area contributed by atoms with E-state index in [9.17, 15) is 0 Å². The Morgan fingerprint density at radius 2 is 0.966 bits per heavy atom. The molecule has 0 saturated heterocycles. The Hall–Kier alpha value is -0.0700. The Kier molecular flexibility index (Phi) is 30.0. The van der Waals surface area contributed by atoms with Crippen LogP contribution in [0.1, 0.15) is 96.8 Å². The molecule has 0 heterocycles. The number of aliphatic hydroxyl groups excluding tert-OH is 2. The fraction of sp³-hybridized carbons (Fsp3) is 0.909. The predicted molar refractivity (Wildman–Crippen MR) is 124 cm³/mol. The average molecular weight is 438 g/mol. The summed E-state index contributed by atoms with van der Waals surface area (Å²) in [6.45, 7) is 5.02. The molecule has 0 spiro atoms. The molecule has 0 aromatic rings. The third kappa shape index (κ3) is 32.8. The number of rotatable bonds is 20. The van der Waals surface area contributed by atoms with Crippen molar-refractivity contribution in [3.05, 3.63) is 12.2 Å². The van der Waals surface area contributed by atoms with Gasteiger partial charge in [-0.25, -0.2) is 0 Å². The van der Waals surface area contributed by atoms with Crippen LogP contribution < -0.4 is 0 Å². The van der Waals surface area contributed by atoms with E-state index < -0.39 is 8.60 Å². The van der Waals surface area contributed by atoms with Crippen LogP contribution in [-0.4, -0.2) is 62.6 Å². The van der Waals surface area contributed by atoms with Crippen molar-refractivity contribution < 1.29 is 24.9 Å². The van der Waals surface area contributed by atoms with Crippen molar-refractivity contribution >= 4 is 8.60 Å². The molecule has 0 rings (SSSR count). The molecule has 5 N–H and O–H groups in total. The van der Waals surface area contributed by atoms with Gasteiger partial charge in [0, 0.05) is 13.1 Å². The van der Waals surface area contributed by atoms with Crippen LogP contribution in [-0.2, 0) is 0 Å². The first-order valence-corrected chi connectivity index (χ1v) is 12.7. The lowest BCUT2D eigenvalue weighted by atomic mass is 10.1. The fourth-order valence-electron chi connectivity index (χ4n) is 3.20. The summed E-state index contributed by atoms with van der Waals surface area (Å²) in [5, 5.41) is 17.9. The van der Waals surface area contributed by atoms with E-state index in [0.29, 0.717) is 13.1 Å². The topological polar surface area (TPSA) is 104 Å². The minimum absolute atomic E-state index is 0.187. The van der Waals surface area contributed by atoms with E-state index in [1.807, 2.05) is 0 Å². The fourth-order valence-corrected chi connectivity index (χ4v) is 3.20. The molecule has 0 saturated carbocycles. The lowest BCUT2D eigenvalue weighted by Gasteiger charge is -2.19. The zero-order valence-electron chi connectivity index (χ0n) is 18.7. The maximum atomic E-state index is 8.97. The molecule has 6 nitrogen and oxygen atoms in total.